The van der Waals surface area contributed by atoms with Crippen LogP contribution in [0.2, 0.25) is 0 Å². The molecule has 3 aromatic rings. The lowest BCUT2D eigenvalue weighted by Gasteiger charge is -2.19. The molecule has 0 bridgehead atoms. The van der Waals surface area contributed by atoms with Gasteiger partial charge in [0.25, 0.3) is 5.91 Å². The van der Waals surface area contributed by atoms with Crippen molar-refractivity contribution in [2.45, 2.75) is 12.8 Å². The number of H-pyrrole nitrogens is 2. The molecule has 0 spiro atoms. The molecule has 4 rings (SSSR count). The van der Waals surface area contributed by atoms with Gasteiger partial charge in [-0.15, -0.1) is 0 Å². The largest absolute Gasteiger partial charge is 0.351 e. The zero-order valence-electron chi connectivity index (χ0n) is 11.6. The maximum Gasteiger partial charge on any atom is 0.270 e. The number of hydrogen-bond acceptors (Lipinski definition) is 2. The van der Waals surface area contributed by atoms with E-state index in [0.29, 0.717) is 12.2 Å². The monoisotopic (exact) mass is 280 g/mol. The highest BCUT2D eigenvalue weighted by Crippen LogP contribution is 2.18. The molecule has 21 heavy (non-hydrogen) atoms. The molecule has 2 aromatic heterocycles. The van der Waals surface area contributed by atoms with Gasteiger partial charge in [0.15, 0.2) is 0 Å². The highest BCUT2D eigenvalue weighted by Gasteiger charge is 2.22. The molecule has 3 heterocycles. The van der Waals surface area contributed by atoms with Crippen LogP contribution in [0.4, 0.5) is 0 Å². The number of fused-ring (bicyclic) bond motifs is 2. The van der Waals surface area contributed by atoms with E-state index in [9.17, 15) is 4.79 Å². The van der Waals surface area contributed by atoms with E-state index in [1.165, 1.54) is 5.56 Å². The van der Waals surface area contributed by atoms with Gasteiger partial charge in [-0.3, -0.25) is 9.89 Å². The van der Waals surface area contributed by atoms with Crippen LogP contribution in [-0.4, -0.2) is 39.1 Å². The lowest BCUT2D eigenvalue weighted by Crippen LogP contribution is -2.33. The van der Waals surface area contributed by atoms with E-state index in [-0.39, 0.29) is 5.91 Å². The number of aromatic amines is 2. The maximum absolute atomic E-state index is 12.7. The second-order valence-corrected chi connectivity index (χ2v) is 5.42. The molecule has 0 saturated carbocycles. The first-order chi connectivity index (χ1) is 10.3. The summed E-state index contributed by atoms with van der Waals surface area (Å²) >= 11 is 0. The molecule has 0 fully saturated rings. The Bertz CT molecular complexity index is 746. The normalized spacial score (nSPS) is 15.0. The molecule has 1 aliphatic rings. The van der Waals surface area contributed by atoms with Crippen molar-refractivity contribution in [3.05, 3.63) is 53.5 Å². The number of aromatic nitrogens is 3. The molecular formula is C16H16N4O. The first kappa shape index (κ1) is 12.2. The molecule has 0 unspecified atom stereocenters. The summed E-state index contributed by atoms with van der Waals surface area (Å²) in [4.78, 5) is 17.8. The van der Waals surface area contributed by atoms with Crippen LogP contribution >= 0.6 is 0 Å². The topological polar surface area (TPSA) is 64.8 Å². The predicted octanol–water partition coefficient (Wildman–Crippen LogP) is 2.13. The molecule has 1 aromatic carbocycles. The van der Waals surface area contributed by atoms with Crippen LogP contribution in [-0.2, 0) is 12.8 Å². The van der Waals surface area contributed by atoms with Crippen molar-refractivity contribution in [3.8, 4) is 0 Å². The van der Waals surface area contributed by atoms with E-state index < -0.39 is 0 Å². The fourth-order valence-electron chi connectivity index (χ4n) is 2.95. The van der Waals surface area contributed by atoms with Gasteiger partial charge in [-0.1, -0.05) is 18.2 Å². The number of carbonyl (C=O) groups excluding carboxylic acids is 1. The summed E-state index contributed by atoms with van der Waals surface area (Å²) in [7, 11) is 0. The molecule has 1 amide bonds. The van der Waals surface area contributed by atoms with Crippen molar-refractivity contribution < 1.29 is 4.79 Å². The fraction of sp³-hybridized carbons (Fsp3) is 0.250. The van der Waals surface area contributed by atoms with Crippen LogP contribution in [0.15, 0.2) is 36.5 Å². The van der Waals surface area contributed by atoms with Gasteiger partial charge < -0.3 is 9.88 Å². The van der Waals surface area contributed by atoms with Crippen molar-refractivity contribution in [2.75, 3.05) is 13.1 Å². The van der Waals surface area contributed by atoms with E-state index in [4.69, 9.17) is 0 Å². The zero-order valence-corrected chi connectivity index (χ0v) is 11.6. The summed E-state index contributed by atoms with van der Waals surface area (Å²) in [6.45, 7) is 1.45. The highest BCUT2D eigenvalue weighted by atomic mass is 16.2. The Morgan fingerprint density at radius 1 is 1.19 bits per heavy atom. The van der Waals surface area contributed by atoms with Crippen LogP contribution in [0.3, 0.4) is 0 Å². The van der Waals surface area contributed by atoms with Gasteiger partial charge in [-0.2, -0.15) is 5.10 Å². The van der Waals surface area contributed by atoms with Gasteiger partial charge in [0.2, 0.25) is 0 Å². The third-order valence-corrected chi connectivity index (χ3v) is 4.13. The first-order valence-corrected chi connectivity index (χ1v) is 7.20. The molecule has 0 aliphatic carbocycles. The number of rotatable bonds is 1. The number of benzene rings is 1. The zero-order chi connectivity index (χ0) is 14.2. The summed E-state index contributed by atoms with van der Waals surface area (Å²) < 4.78 is 0. The second-order valence-electron chi connectivity index (χ2n) is 5.42. The molecule has 0 radical (unpaired) electrons. The first-order valence-electron chi connectivity index (χ1n) is 7.20. The third-order valence-electron chi connectivity index (χ3n) is 4.13. The van der Waals surface area contributed by atoms with Crippen LogP contribution in [0, 0.1) is 0 Å². The molecule has 2 N–H and O–H groups in total. The Labute approximate surface area is 122 Å². The molecule has 1 aliphatic heterocycles. The summed E-state index contributed by atoms with van der Waals surface area (Å²) in [6.07, 6.45) is 3.61. The number of carbonyl (C=O) groups is 1. The average molecular weight is 280 g/mol. The Balaban J connectivity index is 1.58. The van der Waals surface area contributed by atoms with Crippen LogP contribution < -0.4 is 0 Å². The summed E-state index contributed by atoms with van der Waals surface area (Å²) in [6, 6.07) is 9.89. The molecule has 5 nitrogen and oxygen atoms in total. The van der Waals surface area contributed by atoms with E-state index in [2.05, 4.69) is 15.2 Å². The van der Waals surface area contributed by atoms with Crippen LogP contribution in [0.1, 0.15) is 21.7 Å². The molecule has 106 valence electrons. The van der Waals surface area contributed by atoms with E-state index >= 15 is 0 Å². The summed E-state index contributed by atoms with van der Waals surface area (Å²) in [5, 5.41) is 8.22. The maximum atomic E-state index is 12.7. The second kappa shape index (κ2) is 4.77. The van der Waals surface area contributed by atoms with Gasteiger partial charge in [-0.25, -0.2) is 0 Å². The van der Waals surface area contributed by atoms with Crippen molar-refractivity contribution in [2.24, 2.45) is 0 Å². The summed E-state index contributed by atoms with van der Waals surface area (Å²) in [5.74, 6) is 0.0698. The van der Waals surface area contributed by atoms with Gasteiger partial charge in [0, 0.05) is 36.6 Å². The Morgan fingerprint density at radius 3 is 2.95 bits per heavy atom. The van der Waals surface area contributed by atoms with Crippen molar-refractivity contribution in [1.29, 1.82) is 0 Å². The average Bonchev–Trinajstić information content (AvgIpc) is 3.09. The number of para-hydroxylation sites is 1. The molecule has 5 heteroatoms. The molecule has 0 saturated heterocycles. The standard InChI is InChI=1S/C16H16N4O/c21-16(15-9-11-3-1-2-4-13(11)18-15)20-7-5-12-10-17-19-14(12)6-8-20/h1-4,9-10,18H,5-8H2,(H,17,19). The van der Waals surface area contributed by atoms with E-state index in [0.717, 1.165) is 36.0 Å². The number of amides is 1. The van der Waals surface area contributed by atoms with Gasteiger partial charge in [0.1, 0.15) is 5.69 Å². The smallest absolute Gasteiger partial charge is 0.270 e. The molecular weight excluding hydrogens is 264 g/mol. The minimum atomic E-state index is 0.0698. The Hall–Kier alpha value is -2.56. The quantitative estimate of drug-likeness (QED) is 0.717. The number of hydrogen-bond donors (Lipinski definition) is 2. The van der Waals surface area contributed by atoms with Crippen molar-refractivity contribution >= 4 is 16.8 Å². The van der Waals surface area contributed by atoms with Crippen LogP contribution in [0.25, 0.3) is 10.9 Å². The lowest BCUT2D eigenvalue weighted by atomic mass is 10.2. The SMILES string of the molecule is O=C(c1cc2ccccc2[nH]1)N1CCc2c[nH]nc2CC1. The fourth-order valence-corrected chi connectivity index (χ4v) is 2.95. The minimum Gasteiger partial charge on any atom is -0.351 e. The van der Waals surface area contributed by atoms with Gasteiger partial charge >= 0.3 is 0 Å². The summed E-state index contributed by atoms with van der Waals surface area (Å²) in [5.41, 5.74) is 3.98. The van der Waals surface area contributed by atoms with E-state index in [1.807, 2.05) is 41.4 Å². The van der Waals surface area contributed by atoms with Crippen molar-refractivity contribution in [3.63, 3.8) is 0 Å². The van der Waals surface area contributed by atoms with Crippen LogP contribution in [0.5, 0.6) is 0 Å². The minimum absolute atomic E-state index is 0.0698. The number of nitrogens with zero attached hydrogens (tertiary/aromatic N) is 2. The van der Waals surface area contributed by atoms with Crippen molar-refractivity contribution in [1.82, 2.24) is 20.1 Å². The lowest BCUT2D eigenvalue weighted by molar-refractivity contribution is 0.0758. The van der Waals surface area contributed by atoms with E-state index in [1.54, 1.807) is 0 Å². The van der Waals surface area contributed by atoms with Gasteiger partial charge in [-0.05, 0) is 24.1 Å². The third kappa shape index (κ3) is 2.11. The molecule has 0 atom stereocenters. The number of nitrogens with one attached hydrogen (secondary N) is 2. The highest BCUT2D eigenvalue weighted by molar-refractivity contribution is 5.98. The predicted molar refractivity (Wildman–Crippen MR) is 80.2 cm³/mol. The van der Waals surface area contributed by atoms with Gasteiger partial charge in [0.05, 0.1) is 5.69 Å². The Kier molecular flexibility index (Phi) is 2.77. The Morgan fingerprint density at radius 2 is 2.05 bits per heavy atom.